The van der Waals surface area contributed by atoms with Crippen LogP contribution in [0.2, 0.25) is 0 Å². The van der Waals surface area contributed by atoms with Gasteiger partial charge in [-0.25, -0.2) is 0 Å². The summed E-state index contributed by atoms with van der Waals surface area (Å²) in [5.41, 5.74) is 7.98. The maximum atomic E-state index is 9.76. The second-order valence-electron chi connectivity index (χ2n) is 4.96. The van der Waals surface area contributed by atoms with Crippen LogP contribution in [0.15, 0.2) is 18.2 Å². The van der Waals surface area contributed by atoms with Crippen molar-refractivity contribution in [3.05, 3.63) is 29.3 Å². The molecule has 0 aliphatic heterocycles. The highest BCUT2D eigenvalue weighted by Crippen LogP contribution is 2.47. The van der Waals surface area contributed by atoms with E-state index in [1.165, 1.54) is 12.0 Å². The first kappa shape index (κ1) is 11.4. The quantitative estimate of drug-likeness (QED) is 0.808. The molecule has 1 aliphatic carbocycles. The van der Waals surface area contributed by atoms with Crippen LogP contribution >= 0.6 is 0 Å². The van der Waals surface area contributed by atoms with Gasteiger partial charge in [0.05, 0.1) is 0 Å². The van der Waals surface area contributed by atoms with Gasteiger partial charge >= 0.3 is 0 Å². The van der Waals surface area contributed by atoms with Gasteiger partial charge in [-0.3, -0.25) is 0 Å². The van der Waals surface area contributed by atoms with Crippen molar-refractivity contribution in [3.63, 3.8) is 0 Å². The van der Waals surface area contributed by atoms with E-state index in [2.05, 4.69) is 11.0 Å². The van der Waals surface area contributed by atoms with Crippen LogP contribution in [0.1, 0.15) is 23.5 Å². The zero-order valence-corrected chi connectivity index (χ0v) is 9.98. The van der Waals surface area contributed by atoms with Gasteiger partial charge in [-0.2, -0.15) is 0 Å². The lowest BCUT2D eigenvalue weighted by Crippen LogP contribution is -2.11. The lowest BCUT2D eigenvalue weighted by Gasteiger charge is -2.12. The Balaban J connectivity index is 2.16. The first-order valence-electron chi connectivity index (χ1n) is 5.78. The molecule has 0 spiro atoms. The van der Waals surface area contributed by atoms with Gasteiger partial charge in [-0.05, 0) is 50.5 Å². The molecule has 0 heterocycles. The van der Waals surface area contributed by atoms with Gasteiger partial charge in [0.1, 0.15) is 5.75 Å². The first-order valence-corrected chi connectivity index (χ1v) is 5.78. The van der Waals surface area contributed by atoms with E-state index in [9.17, 15) is 5.11 Å². The van der Waals surface area contributed by atoms with Crippen LogP contribution < -0.4 is 5.73 Å². The Morgan fingerprint density at radius 3 is 2.75 bits per heavy atom. The predicted octanol–water partition coefficient (Wildman–Crippen LogP) is 1.52. The van der Waals surface area contributed by atoms with Gasteiger partial charge < -0.3 is 15.7 Å². The van der Waals surface area contributed by atoms with Crippen molar-refractivity contribution in [2.45, 2.75) is 18.9 Å². The summed E-state index contributed by atoms with van der Waals surface area (Å²) in [7, 11) is 4.01. The average molecular weight is 220 g/mol. The molecule has 2 rings (SSSR count). The van der Waals surface area contributed by atoms with Crippen LogP contribution in [0.25, 0.3) is 0 Å². The van der Waals surface area contributed by atoms with Crippen molar-refractivity contribution in [1.29, 1.82) is 0 Å². The molecule has 88 valence electrons. The number of nitrogens with two attached hydrogens (primary N) is 1. The minimum Gasteiger partial charge on any atom is -0.508 e. The summed E-state index contributed by atoms with van der Waals surface area (Å²) in [6.45, 7) is 1.55. The standard InChI is InChI=1S/C13H20N2O/c1-15(2)8-11-5-9(3-4-13(11)16)12-6-10(12)7-14/h3-5,10,12,16H,6-8,14H2,1-2H3. The fourth-order valence-electron chi connectivity index (χ4n) is 2.22. The molecule has 0 amide bonds. The summed E-state index contributed by atoms with van der Waals surface area (Å²) < 4.78 is 0. The lowest BCUT2D eigenvalue weighted by molar-refractivity contribution is 0.385. The highest BCUT2D eigenvalue weighted by Gasteiger charge is 2.37. The highest BCUT2D eigenvalue weighted by atomic mass is 16.3. The highest BCUT2D eigenvalue weighted by molar-refractivity contribution is 5.39. The number of hydrogen-bond donors (Lipinski definition) is 2. The Kier molecular flexibility index (Phi) is 3.17. The zero-order valence-electron chi connectivity index (χ0n) is 9.98. The van der Waals surface area contributed by atoms with Crippen LogP contribution in [0.5, 0.6) is 5.75 Å². The van der Waals surface area contributed by atoms with Crippen molar-refractivity contribution < 1.29 is 5.11 Å². The van der Waals surface area contributed by atoms with Crippen molar-refractivity contribution in [2.24, 2.45) is 11.7 Å². The summed E-state index contributed by atoms with van der Waals surface area (Å²) in [6.07, 6.45) is 1.20. The molecule has 3 N–H and O–H groups in total. The van der Waals surface area contributed by atoms with E-state index < -0.39 is 0 Å². The normalized spacial score (nSPS) is 23.8. The van der Waals surface area contributed by atoms with Crippen LogP contribution in [0.4, 0.5) is 0 Å². The third-order valence-corrected chi connectivity index (χ3v) is 3.24. The molecular weight excluding hydrogens is 200 g/mol. The van der Waals surface area contributed by atoms with Gasteiger partial charge in [0.25, 0.3) is 0 Å². The summed E-state index contributed by atoms with van der Waals surface area (Å²) in [4.78, 5) is 2.06. The number of nitrogens with zero attached hydrogens (tertiary/aromatic N) is 1. The van der Waals surface area contributed by atoms with E-state index >= 15 is 0 Å². The molecule has 3 heteroatoms. The summed E-state index contributed by atoms with van der Waals surface area (Å²) in [5.74, 6) is 1.66. The minimum absolute atomic E-state index is 0.391. The van der Waals surface area contributed by atoms with Crippen LogP contribution in [0, 0.1) is 5.92 Å². The predicted molar refractivity (Wildman–Crippen MR) is 65.4 cm³/mol. The van der Waals surface area contributed by atoms with Crippen molar-refractivity contribution in [3.8, 4) is 5.75 Å². The topological polar surface area (TPSA) is 49.5 Å². The van der Waals surface area contributed by atoms with Crippen LogP contribution in [0.3, 0.4) is 0 Å². The molecule has 1 aliphatic rings. The molecule has 3 nitrogen and oxygen atoms in total. The van der Waals surface area contributed by atoms with Crippen LogP contribution in [-0.4, -0.2) is 30.6 Å². The van der Waals surface area contributed by atoms with Crippen molar-refractivity contribution in [1.82, 2.24) is 4.90 Å². The minimum atomic E-state index is 0.391. The second kappa shape index (κ2) is 4.44. The monoisotopic (exact) mass is 220 g/mol. The molecule has 2 unspecified atom stereocenters. The number of benzene rings is 1. The molecule has 1 aromatic rings. The fourth-order valence-corrected chi connectivity index (χ4v) is 2.22. The molecule has 16 heavy (non-hydrogen) atoms. The van der Waals surface area contributed by atoms with Gasteiger partial charge in [-0.15, -0.1) is 0 Å². The summed E-state index contributed by atoms with van der Waals surface area (Å²) >= 11 is 0. The third kappa shape index (κ3) is 2.36. The van der Waals surface area contributed by atoms with Crippen LogP contribution in [-0.2, 0) is 6.54 Å². The molecule has 1 aromatic carbocycles. The van der Waals surface area contributed by atoms with E-state index in [1.54, 1.807) is 6.07 Å². The van der Waals surface area contributed by atoms with E-state index in [0.717, 1.165) is 18.7 Å². The largest absolute Gasteiger partial charge is 0.508 e. The molecule has 1 saturated carbocycles. The molecule has 1 fully saturated rings. The Hall–Kier alpha value is -1.06. The van der Waals surface area contributed by atoms with Crippen molar-refractivity contribution >= 4 is 0 Å². The van der Waals surface area contributed by atoms with Gasteiger partial charge in [-0.1, -0.05) is 12.1 Å². The van der Waals surface area contributed by atoms with Gasteiger partial charge in [0.2, 0.25) is 0 Å². The van der Waals surface area contributed by atoms with E-state index in [-0.39, 0.29) is 0 Å². The van der Waals surface area contributed by atoms with Gasteiger partial charge in [0.15, 0.2) is 0 Å². The number of hydrogen-bond acceptors (Lipinski definition) is 3. The second-order valence-corrected chi connectivity index (χ2v) is 4.96. The Morgan fingerprint density at radius 2 is 2.19 bits per heavy atom. The Labute approximate surface area is 96.9 Å². The SMILES string of the molecule is CN(C)Cc1cc(C2CC2CN)ccc1O. The smallest absolute Gasteiger partial charge is 0.120 e. The lowest BCUT2D eigenvalue weighted by atomic mass is 10.0. The Morgan fingerprint density at radius 1 is 1.44 bits per heavy atom. The molecular formula is C13H20N2O. The fraction of sp³-hybridized carbons (Fsp3) is 0.538. The maximum absolute atomic E-state index is 9.76. The molecule has 0 radical (unpaired) electrons. The van der Waals surface area contributed by atoms with Gasteiger partial charge in [0, 0.05) is 12.1 Å². The number of phenolic OH excluding ortho intramolecular Hbond substituents is 1. The Bertz CT molecular complexity index is 376. The van der Waals surface area contributed by atoms with E-state index in [1.807, 2.05) is 20.2 Å². The number of rotatable bonds is 4. The van der Waals surface area contributed by atoms with Crippen molar-refractivity contribution in [2.75, 3.05) is 20.6 Å². The number of aromatic hydroxyl groups is 1. The first-order chi connectivity index (χ1) is 7.61. The number of phenols is 1. The van der Waals surface area contributed by atoms with E-state index in [0.29, 0.717) is 17.6 Å². The average Bonchev–Trinajstić information content (AvgIpc) is 3.00. The molecule has 0 aromatic heterocycles. The zero-order chi connectivity index (χ0) is 11.7. The summed E-state index contributed by atoms with van der Waals surface area (Å²) in [5, 5.41) is 9.76. The summed E-state index contributed by atoms with van der Waals surface area (Å²) in [6, 6.07) is 5.95. The maximum Gasteiger partial charge on any atom is 0.120 e. The molecule has 0 bridgehead atoms. The van der Waals surface area contributed by atoms with E-state index in [4.69, 9.17) is 5.73 Å². The molecule has 2 atom stereocenters. The third-order valence-electron chi connectivity index (χ3n) is 3.24. The molecule has 0 saturated heterocycles.